The molecule has 1 unspecified atom stereocenters. The predicted molar refractivity (Wildman–Crippen MR) is 228 cm³/mol. The molecular formula is C48H78O6. The third-order valence-corrected chi connectivity index (χ3v) is 8.70. The molecule has 0 heterocycles. The Hall–Kier alpha value is -3.41. The molecule has 1 atom stereocenters. The van der Waals surface area contributed by atoms with Crippen LogP contribution >= 0.6 is 0 Å². The average molecular weight is 751 g/mol. The van der Waals surface area contributed by atoms with E-state index in [9.17, 15) is 14.4 Å². The van der Waals surface area contributed by atoms with E-state index in [0.29, 0.717) is 25.7 Å². The smallest absolute Gasteiger partial charge is 0.306 e. The Morgan fingerprint density at radius 2 is 0.741 bits per heavy atom. The van der Waals surface area contributed by atoms with Crippen LogP contribution in [0.4, 0.5) is 0 Å². The van der Waals surface area contributed by atoms with Gasteiger partial charge in [0.15, 0.2) is 6.10 Å². The van der Waals surface area contributed by atoms with Crippen LogP contribution in [0.1, 0.15) is 181 Å². The van der Waals surface area contributed by atoms with Crippen LogP contribution in [-0.4, -0.2) is 37.2 Å². The molecule has 0 radical (unpaired) electrons. The maximum absolute atomic E-state index is 12.6. The topological polar surface area (TPSA) is 78.9 Å². The van der Waals surface area contributed by atoms with E-state index in [1.165, 1.54) is 57.8 Å². The lowest BCUT2D eigenvalue weighted by Crippen LogP contribution is -2.30. The zero-order valence-electron chi connectivity index (χ0n) is 34.7. The molecule has 0 N–H and O–H groups in total. The Balaban J connectivity index is 4.44. The highest BCUT2D eigenvalue weighted by Gasteiger charge is 2.19. The van der Waals surface area contributed by atoms with Gasteiger partial charge in [0.05, 0.1) is 0 Å². The van der Waals surface area contributed by atoms with Gasteiger partial charge < -0.3 is 14.2 Å². The summed E-state index contributed by atoms with van der Waals surface area (Å²) >= 11 is 0. The molecule has 0 aromatic rings. The van der Waals surface area contributed by atoms with Gasteiger partial charge in [0.25, 0.3) is 0 Å². The van der Waals surface area contributed by atoms with E-state index in [-0.39, 0.29) is 37.5 Å². The second-order valence-corrected chi connectivity index (χ2v) is 14.0. The average Bonchev–Trinajstić information content (AvgIpc) is 3.17. The van der Waals surface area contributed by atoms with Gasteiger partial charge in [-0.15, -0.1) is 0 Å². The van der Waals surface area contributed by atoms with Gasteiger partial charge in [0.2, 0.25) is 0 Å². The minimum Gasteiger partial charge on any atom is -0.462 e. The highest BCUT2D eigenvalue weighted by molar-refractivity contribution is 5.71. The molecular weight excluding hydrogens is 673 g/mol. The molecule has 6 heteroatoms. The Morgan fingerprint density at radius 1 is 0.370 bits per heavy atom. The fraction of sp³-hybridized carbons (Fsp3) is 0.646. The molecule has 0 bridgehead atoms. The molecule has 54 heavy (non-hydrogen) atoms. The molecule has 0 saturated carbocycles. The number of esters is 3. The van der Waals surface area contributed by atoms with Gasteiger partial charge >= 0.3 is 17.9 Å². The zero-order chi connectivity index (χ0) is 39.4. The molecule has 0 aliphatic heterocycles. The molecule has 0 rings (SSSR count). The van der Waals surface area contributed by atoms with Crippen molar-refractivity contribution in [3.05, 3.63) is 85.1 Å². The third-order valence-electron chi connectivity index (χ3n) is 8.70. The molecule has 0 saturated heterocycles. The number of hydrogen-bond acceptors (Lipinski definition) is 6. The van der Waals surface area contributed by atoms with Crippen molar-refractivity contribution in [1.82, 2.24) is 0 Å². The van der Waals surface area contributed by atoms with Crippen molar-refractivity contribution in [2.45, 2.75) is 187 Å². The highest BCUT2D eigenvalue weighted by Crippen LogP contribution is 2.11. The van der Waals surface area contributed by atoms with E-state index in [2.05, 4.69) is 69.4 Å². The Kier molecular flexibility index (Phi) is 39.7. The van der Waals surface area contributed by atoms with Crippen LogP contribution < -0.4 is 0 Å². The number of carbonyl (C=O) groups is 3. The van der Waals surface area contributed by atoms with E-state index in [1.807, 2.05) is 36.5 Å². The maximum atomic E-state index is 12.6. The molecule has 0 aliphatic carbocycles. The summed E-state index contributed by atoms with van der Waals surface area (Å²) in [5.41, 5.74) is 0. The maximum Gasteiger partial charge on any atom is 0.306 e. The molecule has 0 amide bonds. The van der Waals surface area contributed by atoms with Crippen LogP contribution in [0.3, 0.4) is 0 Å². The van der Waals surface area contributed by atoms with Gasteiger partial charge in [-0.25, -0.2) is 0 Å². The highest BCUT2D eigenvalue weighted by atomic mass is 16.6. The van der Waals surface area contributed by atoms with Crippen molar-refractivity contribution in [3.63, 3.8) is 0 Å². The minimum absolute atomic E-state index is 0.111. The number of hydrogen-bond donors (Lipinski definition) is 0. The Bertz CT molecular complexity index is 1090. The van der Waals surface area contributed by atoms with Crippen LogP contribution in [0.25, 0.3) is 0 Å². The quantitative estimate of drug-likeness (QED) is 0.0207. The Morgan fingerprint density at radius 3 is 1.24 bits per heavy atom. The van der Waals surface area contributed by atoms with Crippen molar-refractivity contribution >= 4 is 17.9 Å². The summed E-state index contributed by atoms with van der Waals surface area (Å²) in [5.74, 6) is -1.02. The van der Waals surface area contributed by atoms with E-state index in [4.69, 9.17) is 14.2 Å². The first-order chi connectivity index (χ1) is 26.5. The number of carbonyl (C=O) groups excluding carboxylic acids is 3. The van der Waals surface area contributed by atoms with Crippen LogP contribution in [0, 0.1) is 0 Å². The lowest BCUT2D eigenvalue weighted by molar-refractivity contribution is -0.167. The van der Waals surface area contributed by atoms with Crippen molar-refractivity contribution < 1.29 is 28.6 Å². The minimum atomic E-state index is -0.809. The first kappa shape index (κ1) is 50.6. The van der Waals surface area contributed by atoms with Crippen molar-refractivity contribution in [3.8, 4) is 0 Å². The van der Waals surface area contributed by atoms with Gasteiger partial charge in [0, 0.05) is 19.3 Å². The second-order valence-electron chi connectivity index (χ2n) is 14.0. The predicted octanol–water partition coefficient (Wildman–Crippen LogP) is 13.7. The van der Waals surface area contributed by atoms with E-state index >= 15 is 0 Å². The molecule has 306 valence electrons. The van der Waals surface area contributed by atoms with E-state index in [1.54, 1.807) is 0 Å². The lowest BCUT2D eigenvalue weighted by atomic mass is 10.1. The lowest BCUT2D eigenvalue weighted by Gasteiger charge is -2.18. The van der Waals surface area contributed by atoms with Crippen molar-refractivity contribution in [1.29, 1.82) is 0 Å². The second kappa shape index (κ2) is 42.3. The van der Waals surface area contributed by atoms with Crippen LogP contribution in [0.5, 0.6) is 0 Å². The van der Waals surface area contributed by atoms with Gasteiger partial charge in [0.1, 0.15) is 13.2 Å². The van der Waals surface area contributed by atoms with E-state index in [0.717, 1.165) is 70.6 Å². The van der Waals surface area contributed by atoms with E-state index < -0.39 is 6.10 Å². The zero-order valence-corrected chi connectivity index (χ0v) is 34.7. The van der Waals surface area contributed by atoms with Crippen molar-refractivity contribution in [2.75, 3.05) is 13.2 Å². The van der Waals surface area contributed by atoms with Crippen LogP contribution in [0.2, 0.25) is 0 Å². The van der Waals surface area contributed by atoms with Gasteiger partial charge in [-0.1, -0.05) is 170 Å². The molecule has 0 aliphatic rings. The fourth-order valence-corrected chi connectivity index (χ4v) is 5.42. The van der Waals surface area contributed by atoms with Gasteiger partial charge in [-0.05, 0) is 77.0 Å². The van der Waals surface area contributed by atoms with Crippen molar-refractivity contribution in [2.24, 2.45) is 0 Å². The number of ether oxygens (including phenoxy) is 3. The summed E-state index contributed by atoms with van der Waals surface area (Å²) in [6.07, 6.45) is 52.9. The molecule has 0 aromatic heterocycles. The monoisotopic (exact) mass is 751 g/mol. The standard InChI is InChI=1S/C48H78O6/c1-4-7-10-13-16-19-20-21-22-23-24-25-26-27-30-32-35-38-41-47(50)53-44-45(54-48(51)42-39-36-33-29-18-15-12-9-6-3)43-52-46(49)40-37-34-31-28-17-14-11-8-5-2/h10,13,16,19-25,28-29,31,33,45H,4-9,11-12,14-15,17-18,26-27,30,32,34-44H2,1-3H3/b13-10-,19-16-,21-20-,23-22-,25-24-,31-28-,33-29-. The normalized spacial score (nSPS) is 12.9. The summed E-state index contributed by atoms with van der Waals surface area (Å²) in [5, 5.41) is 0. The molecule has 6 nitrogen and oxygen atoms in total. The van der Waals surface area contributed by atoms with Gasteiger partial charge in [-0.2, -0.15) is 0 Å². The number of rotatable bonds is 37. The SMILES string of the molecule is CCC\C=C/C=C\C=C/C=C\C=C/CCCCCCCC(=O)OCC(COC(=O)CCC/C=C\CCCCCC)OC(=O)CCC/C=C\CCCCCC. The fourth-order valence-electron chi connectivity index (χ4n) is 5.42. The molecule has 0 fully saturated rings. The molecule has 0 aromatic carbocycles. The van der Waals surface area contributed by atoms with Crippen LogP contribution in [0.15, 0.2) is 85.1 Å². The summed E-state index contributed by atoms with van der Waals surface area (Å²) in [7, 11) is 0. The van der Waals surface area contributed by atoms with Gasteiger partial charge in [-0.3, -0.25) is 14.4 Å². The number of unbranched alkanes of at least 4 members (excludes halogenated alkanes) is 16. The number of allylic oxidation sites excluding steroid dienone is 14. The summed E-state index contributed by atoms with van der Waals surface area (Å²) in [6, 6.07) is 0. The third kappa shape index (κ3) is 39.8. The largest absolute Gasteiger partial charge is 0.462 e. The summed E-state index contributed by atoms with van der Waals surface area (Å²) < 4.78 is 16.5. The Labute approximate surface area is 331 Å². The first-order valence-corrected chi connectivity index (χ1v) is 21.7. The summed E-state index contributed by atoms with van der Waals surface area (Å²) in [4.78, 5) is 37.5. The van der Waals surface area contributed by atoms with Crippen LogP contribution in [-0.2, 0) is 28.6 Å². The summed E-state index contributed by atoms with van der Waals surface area (Å²) in [6.45, 7) is 6.37. The first-order valence-electron chi connectivity index (χ1n) is 21.7. The molecule has 0 spiro atoms.